The number of aryl methyl sites for hydroxylation is 1. The molecule has 1 nitrogen and oxygen atoms in total. The van der Waals surface area contributed by atoms with E-state index in [-0.39, 0.29) is 0 Å². The Morgan fingerprint density at radius 1 is 0.950 bits per heavy atom. The highest BCUT2D eigenvalue weighted by Gasteiger charge is 2.23. The Kier molecular flexibility index (Phi) is 3.58. The lowest BCUT2D eigenvalue weighted by atomic mass is 10.0. The maximum absolute atomic E-state index is 3.27. The average Bonchev–Trinajstić information content (AvgIpc) is 2.89. The van der Waals surface area contributed by atoms with Crippen molar-refractivity contribution in [3.05, 3.63) is 70.8 Å². The van der Waals surface area contributed by atoms with Crippen molar-refractivity contribution in [3.8, 4) is 11.8 Å². The molecule has 2 aromatic carbocycles. The predicted octanol–water partition coefficient (Wildman–Crippen LogP) is 3.64. The van der Waals surface area contributed by atoms with Crippen molar-refractivity contribution in [3.63, 3.8) is 0 Å². The summed E-state index contributed by atoms with van der Waals surface area (Å²) in [7, 11) is 4.31. The lowest BCUT2D eigenvalue weighted by Gasteiger charge is -2.19. The van der Waals surface area contributed by atoms with Crippen LogP contribution >= 0.6 is 0 Å². The van der Waals surface area contributed by atoms with Gasteiger partial charge in [0.1, 0.15) is 0 Å². The molecule has 1 heteroatoms. The van der Waals surface area contributed by atoms with Crippen LogP contribution < -0.4 is 0 Å². The molecule has 0 amide bonds. The summed E-state index contributed by atoms with van der Waals surface area (Å²) in [6.07, 6.45) is 2.39. The minimum absolute atomic E-state index is 0.570. The fourth-order valence-electron chi connectivity index (χ4n) is 2.88. The first-order valence-corrected chi connectivity index (χ1v) is 7.10. The van der Waals surface area contributed by atoms with E-state index in [1.54, 1.807) is 0 Å². The van der Waals surface area contributed by atoms with Gasteiger partial charge in [-0.25, -0.2) is 0 Å². The smallest absolute Gasteiger partial charge is 0.0347 e. The normalized spacial score (nSPS) is 16.6. The summed E-state index contributed by atoms with van der Waals surface area (Å²) in [4.78, 5) is 2.31. The Morgan fingerprint density at radius 3 is 2.45 bits per heavy atom. The zero-order chi connectivity index (χ0) is 13.9. The molecule has 1 unspecified atom stereocenters. The van der Waals surface area contributed by atoms with Crippen LogP contribution in [0.15, 0.2) is 48.5 Å². The maximum Gasteiger partial charge on any atom is 0.0347 e. The van der Waals surface area contributed by atoms with E-state index < -0.39 is 0 Å². The summed E-state index contributed by atoms with van der Waals surface area (Å²) >= 11 is 0. The van der Waals surface area contributed by atoms with Crippen molar-refractivity contribution in [2.45, 2.75) is 18.9 Å². The van der Waals surface area contributed by atoms with E-state index in [0.717, 1.165) is 11.1 Å². The Bertz CT molecular complexity index is 659. The van der Waals surface area contributed by atoms with Crippen molar-refractivity contribution in [1.82, 2.24) is 4.90 Å². The monoisotopic (exact) mass is 261 g/mol. The van der Waals surface area contributed by atoms with Gasteiger partial charge < -0.3 is 4.90 Å². The largest absolute Gasteiger partial charge is 0.302 e. The van der Waals surface area contributed by atoms with Gasteiger partial charge in [-0.15, -0.1) is 0 Å². The molecule has 1 atom stereocenters. The standard InChI is InChI=1S/C19H19N/c1-20(2)19-13-11-17-14-16(10-12-18(17)19)9-8-15-6-4-3-5-7-15/h3-7,10,12,14,19H,11,13H2,1-2H3. The SMILES string of the molecule is CN(C)C1CCc2cc(C#Cc3ccccc3)ccc21. The molecule has 0 spiro atoms. The minimum Gasteiger partial charge on any atom is -0.302 e. The van der Waals surface area contributed by atoms with Crippen LogP contribution in [0.5, 0.6) is 0 Å². The van der Waals surface area contributed by atoms with E-state index in [0.29, 0.717) is 6.04 Å². The third-order valence-electron chi connectivity index (χ3n) is 3.94. The van der Waals surface area contributed by atoms with E-state index in [1.807, 2.05) is 30.3 Å². The van der Waals surface area contributed by atoms with Crippen molar-refractivity contribution >= 4 is 0 Å². The molecule has 1 aliphatic carbocycles. The van der Waals surface area contributed by atoms with E-state index in [2.05, 4.69) is 49.0 Å². The Labute approximate surface area is 121 Å². The summed E-state index contributed by atoms with van der Waals surface area (Å²) in [5.74, 6) is 6.50. The molecule has 0 aromatic heterocycles. The van der Waals surface area contributed by atoms with Gasteiger partial charge in [0.25, 0.3) is 0 Å². The van der Waals surface area contributed by atoms with Gasteiger partial charge in [-0.2, -0.15) is 0 Å². The third-order valence-corrected chi connectivity index (χ3v) is 3.94. The molecule has 1 aliphatic rings. The van der Waals surface area contributed by atoms with Crippen molar-refractivity contribution in [2.24, 2.45) is 0 Å². The Hall–Kier alpha value is -2.04. The molecular weight excluding hydrogens is 242 g/mol. The van der Waals surface area contributed by atoms with Crippen molar-refractivity contribution in [1.29, 1.82) is 0 Å². The van der Waals surface area contributed by atoms with E-state index in [4.69, 9.17) is 0 Å². The summed E-state index contributed by atoms with van der Waals surface area (Å²) < 4.78 is 0. The van der Waals surface area contributed by atoms with Crippen LogP contribution in [-0.4, -0.2) is 19.0 Å². The molecular formula is C19H19N. The van der Waals surface area contributed by atoms with Crippen LogP contribution in [0.2, 0.25) is 0 Å². The third kappa shape index (κ3) is 2.61. The van der Waals surface area contributed by atoms with Crippen LogP contribution in [0.3, 0.4) is 0 Å². The molecule has 0 radical (unpaired) electrons. The van der Waals surface area contributed by atoms with Gasteiger partial charge in [-0.05, 0) is 62.3 Å². The molecule has 0 saturated heterocycles. The Morgan fingerprint density at radius 2 is 1.70 bits per heavy atom. The first-order valence-electron chi connectivity index (χ1n) is 7.10. The molecule has 0 aliphatic heterocycles. The molecule has 100 valence electrons. The number of hydrogen-bond acceptors (Lipinski definition) is 1. The zero-order valence-corrected chi connectivity index (χ0v) is 12.1. The quantitative estimate of drug-likeness (QED) is 0.708. The predicted molar refractivity (Wildman–Crippen MR) is 83.6 cm³/mol. The fourth-order valence-corrected chi connectivity index (χ4v) is 2.88. The Balaban J connectivity index is 1.86. The second-order valence-corrected chi connectivity index (χ2v) is 5.55. The fraction of sp³-hybridized carbons (Fsp3) is 0.263. The highest BCUT2D eigenvalue weighted by molar-refractivity contribution is 5.47. The van der Waals surface area contributed by atoms with E-state index in [1.165, 1.54) is 24.0 Å². The van der Waals surface area contributed by atoms with Gasteiger partial charge in [-0.1, -0.05) is 36.1 Å². The number of nitrogens with zero attached hydrogens (tertiary/aromatic N) is 1. The van der Waals surface area contributed by atoms with Gasteiger partial charge in [-0.3, -0.25) is 0 Å². The summed E-state index contributed by atoms with van der Waals surface area (Å²) in [5, 5.41) is 0. The first-order chi connectivity index (χ1) is 9.74. The minimum atomic E-state index is 0.570. The summed E-state index contributed by atoms with van der Waals surface area (Å²) in [6, 6.07) is 17.4. The van der Waals surface area contributed by atoms with Crippen LogP contribution in [0.4, 0.5) is 0 Å². The lowest BCUT2D eigenvalue weighted by Crippen LogP contribution is -2.17. The number of rotatable bonds is 1. The zero-order valence-electron chi connectivity index (χ0n) is 12.1. The van der Waals surface area contributed by atoms with E-state index >= 15 is 0 Å². The van der Waals surface area contributed by atoms with Gasteiger partial charge in [0.05, 0.1) is 0 Å². The average molecular weight is 261 g/mol. The second-order valence-electron chi connectivity index (χ2n) is 5.55. The number of hydrogen-bond donors (Lipinski definition) is 0. The van der Waals surface area contributed by atoms with Gasteiger partial charge in [0.2, 0.25) is 0 Å². The molecule has 3 rings (SSSR count). The van der Waals surface area contributed by atoms with Gasteiger partial charge >= 0.3 is 0 Å². The van der Waals surface area contributed by atoms with Crippen LogP contribution in [0.25, 0.3) is 0 Å². The molecule has 20 heavy (non-hydrogen) atoms. The van der Waals surface area contributed by atoms with Gasteiger partial charge in [0.15, 0.2) is 0 Å². The van der Waals surface area contributed by atoms with Crippen molar-refractivity contribution in [2.75, 3.05) is 14.1 Å². The number of fused-ring (bicyclic) bond motifs is 1. The molecule has 0 heterocycles. The maximum atomic E-state index is 3.27. The summed E-state index contributed by atoms with van der Waals surface area (Å²) in [5.41, 5.74) is 5.12. The van der Waals surface area contributed by atoms with E-state index in [9.17, 15) is 0 Å². The number of benzene rings is 2. The second kappa shape index (κ2) is 5.53. The van der Waals surface area contributed by atoms with Crippen LogP contribution in [0, 0.1) is 11.8 Å². The molecule has 0 saturated carbocycles. The highest BCUT2D eigenvalue weighted by atomic mass is 15.1. The topological polar surface area (TPSA) is 3.24 Å². The molecule has 0 N–H and O–H groups in total. The molecule has 0 bridgehead atoms. The van der Waals surface area contributed by atoms with Gasteiger partial charge in [0, 0.05) is 17.2 Å². The van der Waals surface area contributed by atoms with Crippen LogP contribution in [0.1, 0.15) is 34.7 Å². The van der Waals surface area contributed by atoms with Crippen LogP contribution in [-0.2, 0) is 6.42 Å². The highest BCUT2D eigenvalue weighted by Crippen LogP contribution is 2.34. The summed E-state index contributed by atoms with van der Waals surface area (Å²) in [6.45, 7) is 0. The molecule has 0 fully saturated rings. The van der Waals surface area contributed by atoms with Crippen molar-refractivity contribution < 1.29 is 0 Å². The lowest BCUT2D eigenvalue weighted by molar-refractivity contribution is 0.299. The first kappa shape index (κ1) is 13.0. The molecule has 2 aromatic rings.